The number of halogens is 5. The molecule has 0 amide bonds. The van der Waals surface area contributed by atoms with Gasteiger partial charge in [0, 0.05) is 6.07 Å². The topological polar surface area (TPSA) is 29.5 Å². The molecule has 14 heavy (non-hydrogen) atoms. The first-order valence-electron chi connectivity index (χ1n) is 3.23. The molecule has 0 saturated heterocycles. The predicted molar refractivity (Wildman–Crippen MR) is 42.4 cm³/mol. The Morgan fingerprint density at radius 2 is 1.86 bits per heavy atom. The van der Waals surface area contributed by atoms with Crippen LogP contribution >= 0.6 is 15.9 Å². The Labute approximate surface area is 84.2 Å². The zero-order chi connectivity index (χ0) is 10.9. The molecule has 0 saturated carbocycles. The van der Waals surface area contributed by atoms with E-state index < -0.39 is 23.7 Å². The summed E-state index contributed by atoms with van der Waals surface area (Å²) in [5, 5.41) is 8.78. The van der Waals surface area contributed by atoms with Crippen LogP contribution in [0.5, 0.6) is 11.5 Å². The molecule has 1 N–H and O–H groups in total. The van der Waals surface area contributed by atoms with Crippen LogP contribution in [-0.4, -0.2) is 11.5 Å². The summed E-state index contributed by atoms with van der Waals surface area (Å²) in [6, 6.07) is 1.21. The normalized spacial score (nSPS) is 11.5. The second-order valence-corrected chi connectivity index (χ2v) is 3.14. The smallest absolute Gasteiger partial charge is 0.505 e. The maximum absolute atomic E-state index is 12.6. The minimum absolute atomic E-state index is 0.231. The highest BCUT2D eigenvalue weighted by molar-refractivity contribution is 9.10. The van der Waals surface area contributed by atoms with Gasteiger partial charge in [-0.3, -0.25) is 0 Å². The summed E-state index contributed by atoms with van der Waals surface area (Å²) in [5.74, 6) is -2.64. The predicted octanol–water partition coefficient (Wildman–Crippen LogP) is 3.19. The van der Waals surface area contributed by atoms with Crippen molar-refractivity contribution >= 4 is 15.9 Å². The van der Waals surface area contributed by atoms with E-state index in [4.69, 9.17) is 5.11 Å². The Kier molecular flexibility index (Phi) is 2.89. The molecule has 1 aromatic carbocycles. The molecule has 0 aliphatic rings. The van der Waals surface area contributed by atoms with Crippen LogP contribution in [0.1, 0.15) is 0 Å². The van der Waals surface area contributed by atoms with Gasteiger partial charge in [-0.05, 0) is 22.0 Å². The van der Waals surface area contributed by atoms with Crippen LogP contribution in [0.4, 0.5) is 17.6 Å². The molecule has 0 heterocycles. The third-order valence-corrected chi connectivity index (χ3v) is 1.85. The third kappa shape index (κ3) is 2.76. The van der Waals surface area contributed by atoms with Gasteiger partial charge in [-0.1, -0.05) is 0 Å². The molecule has 0 aromatic heterocycles. The largest absolute Gasteiger partial charge is 0.573 e. The van der Waals surface area contributed by atoms with Crippen LogP contribution in [0.25, 0.3) is 0 Å². The summed E-state index contributed by atoms with van der Waals surface area (Å²) in [6.45, 7) is 0. The van der Waals surface area contributed by atoms with Gasteiger partial charge < -0.3 is 9.84 Å². The fourth-order valence-corrected chi connectivity index (χ4v) is 1.12. The molecule has 1 rings (SSSR count). The lowest BCUT2D eigenvalue weighted by atomic mass is 10.3. The van der Waals surface area contributed by atoms with Crippen molar-refractivity contribution in [3.63, 3.8) is 0 Å². The fraction of sp³-hybridized carbons (Fsp3) is 0.143. The number of rotatable bonds is 1. The standard InChI is InChI=1S/C7H3BrF4O2/c8-3-1-4(9)5(13)2-6(3)14-7(10,11)12/h1-2,13H. The number of ether oxygens (including phenoxy) is 1. The lowest BCUT2D eigenvalue weighted by Gasteiger charge is -2.10. The van der Waals surface area contributed by atoms with Gasteiger partial charge in [0.25, 0.3) is 0 Å². The number of alkyl halides is 3. The molecule has 0 atom stereocenters. The van der Waals surface area contributed by atoms with Crippen molar-refractivity contribution in [1.82, 2.24) is 0 Å². The second kappa shape index (κ2) is 3.64. The van der Waals surface area contributed by atoms with Crippen molar-refractivity contribution in [3.05, 3.63) is 22.4 Å². The van der Waals surface area contributed by atoms with Crippen molar-refractivity contribution < 1.29 is 27.4 Å². The maximum atomic E-state index is 12.6. The first-order valence-corrected chi connectivity index (χ1v) is 4.02. The molecule has 2 nitrogen and oxygen atoms in total. The highest BCUT2D eigenvalue weighted by Gasteiger charge is 2.32. The average molecular weight is 275 g/mol. The van der Waals surface area contributed by atoms with Gasteiger partial charge in [0.15, 0.2) is 11.6 Å². The zero-order valence-electron chi connectivity index (χ0n) is 6.40. The van der Waals surface area contributed by atoms with Crippen molar-refractivity contribution in [2.75, 3.05) is 0 Å². The summed E-state index contributed by atoms with van der Waals surface area (Å²) >= 11 is 2.66. The van der Waals surface area contributed by atoms with Gasteiger partial charge in [-0.15, -0.1) is 13.2 Å². The van der Waals surface area contributed by atoms with Crippen LogP contribution in [0, 0.1) is 5.82 Å². The number of phenols is 1. The minimum atomic E-state index is -4.88. The Hall–Kier alpha value is -0.980. The molecular formula is C7H3BrF4O2. The monoisotopic (exact) mass is 274 g/mol. The van der Waals surface area contributed by atoms with E-state index in [0.717, 1.165) is 0 Å². The van der Waals surface area contributed by atoms with Gasteiger partial charge in [0.1, 0.15) is 5.75 Å². The molecule has 78 valence electrons. The molecule has 0 spiro atoms. The Morgan fingerprint density at radius 3 is 2.36 bits per heavy atom. The highest BCUT2D eigenvalue weighted by atomic mass is 79.9. The summed E-state index contributed by atoms with van der Waals surface area (Å²) in [7, 11) is 0. The van der Waals surface area contributed by atoms with E-state index in [1.165, 1.54) is 0 Å². The molecule has 0 fully saturated rings. The molecular weight excluding hydrogens is 272 g/mol. The number of aromatic hydroxyl groups is 1. The maximum Gasteiger partial charge on any atom is 0.573 e. The van der Waals surface area contributed by atoms with Gasteiger partial charge >= 0.3 is 6.36 Å². The van der Waals surface area contributed by atoms with Crippen molar-refractivity contribution in [2.24, 2.45) is 0 Å². The number of phenolic OH excluding ortho intramolecular Hbond substituents is 1. The van der Waals surface area contributed by atoms with Gasteiger partial charge in [-0.25, -0.2) is 4.39 Å². The second-order valence-electron chi connectivity index (χ2n) is 2.28. The lowest BCUT2D eigenvalue weighted by Crippen LogP contribution is -2.17. The molecule has 1 aromatic rings. The Balaban J connectivity index is 3.04. The van der Waals surface area contributed by atoms with E-state index in [2.05, 4.69) is 20.7 Å². The molecule has 0 aliphatic heterocycles. The van der Waals surface area contributed by atoms with Crippen molar-refractivity contribution in [3.8, 4) is 11.5 Å². The molecule has 0 unspecified atom stereocenters. The number of benzene rings is 1. The summed E-state index contributed by atoms with van der Waals surface area (Å²) in [5.41, 5.74) is 0. The average Bonchev–Trinajstić information content (AvgIpc) is 1.97. The first-order chi connectivity index (χ1) is 6.29. The van der Waals surface area contributed by atoms with Crippen molar-refractivity contribution in [1.29, 1.82) is 0 Å². The van der Waals surface area contributed by atoms with Crippen LogP contribution in [0.2, 0.25) is 0 Å². The molecule has 7 heteroatoms. The van der Waals surface area contributed by atoms with Crippen LogP contribution in [0.15, 0.2) is 16.6 Å². The molecule has 0 aliphatic carbocycles. The summed E-state index contributed by atoms with van der Waals surface area (Å²) in [6.07, 6.45) is -4.88. The van der Waals surface area contributed by atoms with Crippen LogP contribution < -0.4 is 4.74 Å². The zero-order valence-corrected chi connectivity index (χ0v) is 7.99. The fourth-order valence-electron chi connectivity index (χ4n) is 0.721. The van der Waals surface area contributed by atoms with Crippen LogP contribution in [0.3, 0.4) is 0 Å². The number of hydrogen-bond acceptors (Lipinski definition) is 2. The van der Waals surface area contributed by atoms with E-state index >= 15 is 0 Å². The summed E-state index contributed by atoms with van der Waals surface area (Å²) in [4.78, 5) is 0. The summed E-state index contributed by atoms with van der Waals surface area (Å²) < 4.78 is 51.0. The van der Waals surface area contributed by atoms with Gasteiger partial charge in [-0.2, -0.15) is 0 Å². The van der Waals surface area contributed by atoms with E-state index in [-0.39, 0.29) is 4.47 Å². The van der Waals surface area contributed by atoms with Gasteiger partial charge in [0.2, 0.25) is 0 Å². The Morgan fingerprint density at radius 1 is 1.29 bits per heavy atom. The SMILES string of the molecule is Oc1cc(OC(F)(F)F)c(Br)cc1F. The van der Waals surface area contributed by atoms with E-state index in [9.17, 15) is 17.6 Å². The van der Waals surface area contributed by atoms with Crippen LogP contribution in [-0.2, 0) is 0 Å². The first kappa shape index (κ1) is 11.1. The lowest BCUT2D eigenvalue weighted by molar-refractivity contribution is -0.274. The minimum Gasteiger partial charge on any atom is -0.505 e. The quantitative estimate of drug-likeness (QED) is 0.797. The molecule has 0 bridgehead atoms. The van der Waals surface area contributed by atoms with Gasteiger partial charge in [0.05, 0.1) is 4.47 Å². The third-order valence-electron chi connectivity index (χ3n) is 1.23. The molecule has 0 radical (unpaired) electrons. The van der Waals surface area contributed by atoms with E-state index in [1.807, 2.05) is 0 Å². The van der Waals surface area contributed by atoms with E-state index in [1.54, 1.807) is 0 Å². The highest BCUT2D eigenvalue weighted by Crippen LogP contribution is 2.34. The Bertz CT molecular complexity index is 350. The van der Waals surface area contributed by atoms with E-state index in [0.29, 0.717) is 12.1 Å². The number of hydrogen-bond donors (Lipinski definition) is 1. The van der Waals surface area contributed by atoms with Crippen molar-refractivity contribution in [2.45, 2.75) is 6.36 Å².